The van der Waals surface area contributed by atoms with Crippen LogP contribution in [0.4, 0.5) is 0 Å². The zero-order valence-electron chi connectivity index (χ0n) is 13.5. The van der Waals surface area contributed by atoms with E-state index in [1.165, 1.54) is 0 Å². The molecule has 0 aromatic rings. The second-order valence-corrected chi connectivity index (χ2v) is 6.76. The minimum absolute atomic E-state index is 0.0353. The van der Waals surface area contributed by atoms with Crippen LogP contribution in [0.1, 0.15) is 40.0 Å². The third-order valence-corrected chi connectivity index (χ3v) is 4.39. The lowest BCUT2D eigenvalue weighted by Crippen LogP contribution is -2.37. The first-order valence-corrected chi connectivity index (χ1v) is 8.33. The summed E-state index contributed by atoms with van der Waals surface area (Å²) in [6.45, 7) is 5.97. The Morgan fingerprint density at radius 1 is 1.41 bits per heavy atom. The summed E-state index contributed by atoms with van der Waals surface area (Å²) < 4.78 is 18.1. The highest BCUT2D eigenvalue weighted by Crippen LogP contribution is 2.35. The standard InChI is InChI=1S/C18H25ClO3/c1-5-7-8-9-14(19)16-12-17-15(21-18(3,4)22-17)11-10-13(6-2)20-16/h1,7-8,10-11,13-17H,6,9,12H2,2-4H3/b8-7+,11-10-/t13-,14-,15-,16-,17-/m1/s1. The molecule has 2 aliphatic rings. The summed E-state index contributed by atoms with van der Waals surface area (Å²) in [4.78, 5) is 0. The van der Waals surface area contributed by atoms with E-state index in [0.29, 0.717) is 12.8 Å². The number of halogens is 1. The molecule has 2 aliphatic heterocycles. The van der Waals surface area contributed by atoms with Gasteiger partial charge in [-0.2, -0.15) is 0 Å². The summed E-state index contributed by atoms with van der Waals surface area (Å²) in [6, 6.07) is 0. The molecule has 3 nitrogen and oxygen atoms in total. The van der Waals surface area contributed by atoms with Gasteiger partial charge in [-0.1, -0.05) is 31.1 Å². The first-order valence-electron chi connectivity index (χ1n) is 7.89. The van der Waals surface area contributed by atoms with Crippen LogP contribution in [0.2, 0.25) is 0 Å². The Bertz CT molecular complexity index is 463. The van der Waals surface area contributed by atoms with Crippen LogP contribution in [0.15, 0.2) is 24.3 Å². The van der Waals surface area contributed by atoms with Crippen molar-refractivity contribution in [1.29, 1.82) is 0 Å². The lowest BCUT2D eigenvalue weighted by molar-refractivity contribution is -0.146. The van der Waals surface area contributed by atoms with Gasteiger partial charge in [0, 0.05) is 6.42 Å². The van der Waals surface area contributed by atoms with Gasteiger partial charge in [0.2, 0.25) is 0 Å². The highest BCUT2D eigenvalue weighted by atomic mass is 35.5. The molecule has 2 rings (SSSR count). The average Bonchev–Trinajstić information content (AvgIpc) is 2.73. The Kier molecular flexibility index (Phi) is 6.11. The fourth-order valence-corrected chi connectivity index (χ4v) is 3.14. The van der Waals surface area contributed by atoms with Gasteiger partial charge in [0.1, 0.15) is 6.10 Å². The zero-order chi connectivity index (χ0) is 16.2. The summed E-state index contributed by atoms with van der Waals surface area (Å²) in [5, 5.41) is -0.141. The van der Waals surface area contributed by atoms with E-state index in [-0.39, 0.29) is 29.8 Å². The lowest BCUT2D eigenvalue weighted by Gasteiger charge is -2.30. The quantitative estimate of drug-likeness (QED) is 0.447. The Labute approximate surface area is 138 Å². The van der Waals surface area contributed by atoms with Gasteiger partial charge in [0.05, 0.1) is 23.7 Å². The van der Waals surface area contributed by atoms with Gasteiger partial charge in [0.25, 0.3) is 0 Å². The maximum absolute atomic E-state index is 6.54. The van der Waals surface area contributed by atoms with E-state index in [1.54, 1.807) is 6.08 Å². The number of allylic oxidation sites excluding steroid dienone is 2. The van der Waals surface area contributed by atoms with Gasteiger partial charge < -0.3 is 14.2 Å². The van der Waals surface area contributed by atoms with Crippen LogP contribution in [0.25, 0.3) is 0 Å². The molecule has 5 atom stereocenters. The van der Waals surface area contributed by atoms with Crippen LogP contribution in [0.3, 0.4) is 0 Å². The number of terminal acetylenes is 1. The van der Waals surface area contributed by atoms with Crippen molar-refractivity contribution in [2.24, 2.45) is 0 Å². The van der Waals surface area contributed by atoms with Crippen molar-refractivity contribution in [2.45, 2.75) is 75.6 Å². The molecule has 0 saturated carbocycles. The molecule has 0 unspecified atom stereocenters. The summed E-state index contributed by atoms with van der Waals surface area (Å²) in [6.07, 6.45) is 15.1. The Hall–Kier alpha value is -0.790. The molecular weight excluding hydrogens is 300 g/mol. The van der Waals surface area contributed by atoms with E-state index in [0.717, 1.165) is 6.42 Å². The monoisotopic (exact) mass is 324 g/mol. The minimum atomic E-state index is -0.568. The fourth-order valence-electron chi connectivity index (χ4n) is 2.88. The van der Waals surface area contributed by atoms with Crippen molar-refractivity contribution in [3.8, 4) is 12.3 Å². The summed E-state index contributed by atoms with van der Waals surface area (Å²) in [5.74, 6) is 1.91. The summed E-state index contributed by atoms with van der Waals surface area (Å²) in [5.41, 5.74) is 0. The molecular formula is C18H25ClO3. The molecule has 1 saturated heterocycles. The van der Waals surface area contributed by atoms with Crippen molar-refractivity contribution in [3.05, 3.63) is 24.3 Å². The van der Waals surface area contributed by atoms with Gasteiger partial charge in [-0.3, -0.25) is 0 Å². The minimum Gasteiger partial charge on any atom is -0.369 e. The highest BCUT2D eigenvalue weighted by molar-refractivity contribution is 6.21. The molecule has 0 radical (unpaired) electrons. The molecule has 4 heteroatoms. The van der Waals surface area contributed by atoms with E-state index in [1.807, 2.05) is 19.9 Å². The zero-order valence-corrected chi connectivity index (χ0v) is 14.3. The van der Waals surface area contributed by atoms with Gasteiger partial charge >= 0.3 is 0 Å². The second kappa shape index (κ2) is 7.66. The number of hydrogen-bond donors (Lipinski definition) is 0. The topological polar surface area (TPSA) is 27.7 Å². The fraction of sp³-hybridized carbons (Fsp3) is 0.667. The van der Waals surface area contributed by atoms with E-state index in [4.69, 9.17) is 32.2 Å². The first kappa shape index (κ1) is 17.6. The van der Waals surface area contributed by atoms with Crippen LogP contribution in [0, 0.1) is 12.3 Å². The number of alkyl halides is 1. The largest absolute Gasteiger partial charge is 0.369 e. The van der Waals surface area contributed by atoms with E-state index in [9.17, 15) is 0 Å². The van der Waals surface area contributed by atoms with E-state index in [2.05, 4.69) is 25.0 Å². The van der Waals surface area contributed by atoms with Gasteiger partial charge in [-0.15, -0.1) is 18.0 Å². The third-order valence-electron chi connectivity index (χ3n) is 3.93. The molecule has 0 spiro atoms. The molecule has 2 heterocycles. The molecule has 1 fully saturated rings. The van der Waals surface area contributed by atoms with Crippen LogP contribution in [-0.4, -0.2) is 35.6 Å². The molecule has 0 aromatic carbocycles. The van der Waals surface area contributed by atoms with Crippen LogP contribution in [-0.2, 0) is 14.2 Å². The smallest absolute Gasteiger partial charge is 0.164 e. The van der Waals surface area contributed by atoms with Crippen LogP contribution >= 0.6 is 11.6 Å². The normalized spacial score (nSPS) is 37.0. The average molecular weight is 325 g/mol. The number of rotatable bonds is 4. The summed E-state index contributed by atoms with van der Waals surface area (Å²) in [7, 11) is 0. The second-order valence-electron chi connectivity index (χ2n) is 6.20. The number of ether oxygens (including phenoxy) is 3. The molecule has 122 valence electrons. The van der Waals surface area contributed by atoms with E-state index < -0.39 is 5.79 Å². The Morgan fingerprint density at radius 3 is 2.86 bits per heavy atom. The van der Waals surface area contributed by atoms with Crippen molar-refractivity contribution in [2.75, 3.05) is 0 Å². The van der Waals surface area contributed by atoms with Crippen LogP contribution in [0.5, 0.6) is 0 Å². The number of hydrogen-bond acceptors (Lipinski definition) is 3. The molecule has 0 amide bonds. The van der Waals surface area contributed by atoms with Gasteiger partial charge in [0.15, 0.2) is 5.79 Å². The van der Waals surface area contributed by atoms with Crippen LogP contribution < -0.4 is 0 Å². The number of fused-ring (bicyclic) bond motifs is 1. The molecule has 0 aromatic heterocycles. The van der Waals surface area contributed by atoms with E-state index >= 15 is 0 Å². The maximum atomic E-state index is 6.54. The lowest BCUT2D eigenvalue weighted by atomic mass is 9.99. The predicted molar refractivity (Wildman–Crippen MR) is 88.8 cm³/mol. The molecule has 0 aliphatic carbocycles. The highest BCUT2D eigenvalue weighted by Gasteiger charge is 2.43. The van der Waals surface area contributed by atoms with Crippen molar-refractivity contribution in [3.63, 3.8) is 0 Å². The van der Waals surface area contributed by atoms with Crippen molar-refractivity contribution < 1.29 is 14.2 Å². The Morgan fingerprint density at radius 2 is 2.18 bits per heavy atom. The first-order chi connectivity index (χ1) is 10.4. The third kappa shape index (κ3) is 4.60. The molecule has 0 N–H and O–H groups in total. The van der Waals surface area contributed by atoms with Gasteiger partial charge in [-0.05, 0) is 32.8 Å². The van der Waals surface area contributed by atoms with Crippen molar-refractivity contribution in [1.82, 2.24) is 0 Å². The maximum Gasteiger partial charge on any atom is 0.164 e. The summed E-state index contributed by atoms with van der Waals surface area (Å²) >= 11 is 6.54. The van der Waals surface area contributed by atoms with Crippen molar-refractivity contribution >= 4 is 11.6 Å². The predicted octanol–water partition coefficient (Wildman–Crippen LogP) is 3.82. The molecule has 22 heavy (non-hydrogen) atoms. The SMILES string of the molecule is C#C/C=C/C[C@@H](Cl)[C@H]1C[C@H]2OC(C)(C)O[C@@H]2/C=C\[C@@H](CC)O1. The Balaban J connectivity index is 2.11. The van der Waals surface area contributed by atoms with Gasteiger partial charge in [-0.25, -0.2) is 0 Å². The molecule has 0 bridgehead atoms.